The molecule has 1 aliphatic rings. The van der Waals surface area contributed by atoms with Gasteiger partial charge in [-0.1, -0.05) is 29.8 Å². The van der Waals surface area contributed by atoms with Crippen molar-refractivity contribution in [2.24, 2.45) is 10.7 Å². The van der Waals surface area contributed by atoms with Crippen LogP contribution in [0.3, 0.4) is 0 Å². The van der Waals surface area contributed by atoms with E-state index in [1.165, 1.54) is 6.07 Å². The summed E-state index contributed by atoms with van der Waals surface area (Å²) in [6.07, 6.45) is 0.118. The first-order valence-electron chi connectivity index (χ1n) is 6.83. The number of halogens is 3. The van der Waals surface area contributed by atoms with E-state index in [9.17, 15) is 13.6 Å². The van der Waals surface area contributed by atoms with Crippen molar-refractivity contribution < 1.29 is 13.6 Å². The maximum atomic E-state index is 13.5. The van der Waals surface area contributed by atoms with Crippen molar-refractivity contribution in [3.8, 4) is 0 Å². The van der Waals surface area contributed by atoms with Crippen molar-refractivity contribution in [2.75, 3.05) is 0 Å². The highest BCUT2D eigenvalue weighted by molar-refractivity contribution is 6.75. The van der Waals surface area contributed by atoms with Crippen LogP contribution in [0.15, 0.2) is 41.0 Å². The van der Waals surface area contributed by atoms with Gasteiger partial charge in [0.1, 0.15) is 22.9 Å². The summed E-state index contributed by atoms with van der Waals surface area (Å²) in [6.45, 7) is -0.0626. The lowest BCUT2D eigenvalue weighted by Gasteiger charge is -2.08. The van der Waals surface area contributed by atoms with Crippen LogP contribution in [-0.4, -0.2) is 29.0 Å². The third-order valence-corrected chi connectivity index (χ3v) is 3.58. The van der Waals surface area contributed by atoms with Crippen LogP contribution in [0.2, 0.25) is 0 Å². The molecule has 1 unspecified atom stereocenters. The Balaban J connectivity index is 2.04. The Morgan fingerprint density at radius 1 is 1.52 bits per heavy atom. The number of benzene rings is 1. The van der Waals surface area contributed by atoms with Gasteiger partial charge in [0.2, 0.25) is 0 Å². The number of alkyl halides is 1. The van der Waals surface area contributed by atoms with E-state index < -0.39 is 29.6 Å². The van der Waals surface area contributed by atoms with E-state index in [2.05, 4.69) is 10.3 Å². The minimum Gasteiger partial charge on any atom is -0.404 e. The first kappa shape index (κ1) is 17.1. The van der Waals surface area contributed by atoms with Crippen molar-refractivity contribution in [3.63, 3.8) is 0 Å². The van der Waals surface area contributed by atoms with Crippen molar-refractivity contribution in [2.45, 2.75) is 25.2 Å². The molecule has 8 heteroatoms. The molecule has 1 aromatic carbocycles. The van der Waals surface area contributed by atoms with Crippen LogP contribution in [0.5, 0.6) is 0 Å². The summed E-state index contributed by atoms with van der Waals surface area (Å²) in [5.41, 5.74) is 5.08. The van der Waals surface area contributed by atoms with Gasteiger partial charge in [-0.2, -0.15) is 0 Å². The van der Waals surface area contributed by atoms with Gasteiger partial charge in [-0.3, -0.25) is 15.2 Å². The molecule has 0 aromatic heterocycles. The molecule has 5 nitrogen and oxygen atoms in total. The molecule has 23 heavy (non-hydrogen) atoms. The molecule has 0 heterocycles. The number of nitrogens with one attached hydrogen (secondary N) is 2. The number of amides is 1. The van der Waals surface area contributed by atoms with Crippen LogP contribution in [0.4, 0.5) is 8.78 Å². The molecule has 0 aliphatic heterocycles. The Kier molecular flexibility index (Phi) is 5.44. The second-order valence-electron chi connectivity index (χ2n) is 4.99. The zero-order valence-corrected chi connectivity index (χ0v) is 12.8. The average molecular weight is 341 g/mol. The number of nitrogens with two attached hydrogens (primary N) is 1. The molecule has 1 aromatic rings. The normalized spacial score (nSPS) is 21.0. The molecule has 0 radical (unpaired) electrons. The first-order valence-corrected chi connectivity index (χ1v) is 7.21. The van der Waals surface area contributed by atoms with Gasteiger partial charge in [0.05, 0.1) is 18.2 Å². The number of hydrogen-bond acceptors (Lipinski definition) is 4. The fourth-order valence-electron chi connectivity index (χ4n) is 1.80. The highest BCUT2D eigenvalue weighted by atomic mass is 35.5. The summed E-state index contributed by atoms with van der Waals surface area (Å²) < 4.78 is 26.3. The van der Waals surface area contributed by atoms with Gasteiger partial charge in [0.15, 0.2) is 0 Å². The molecule has 1 saturated carbocycles. The predicted molar refractivity (Wildman–Crippen MR) is 84.8 cm³/mol. The van der Waals surface area contributed by atoms with E-state index in [4.69, 9.17) is 22.7 Å². The highest BCUT2D eigenvalue weighted by Crippen LogP contribution is 2.24. The van der Waals surface area contributed by atoms with Gasteiger partial charge in [-0.05, 0) is 6.07 Å². The van der Waals surface area contributed by atoms with Crippen molar-refractivity contribution in [1.29, 1.82) is 5.41 Å². The number of hydrogen-bond donors (Lipinski definition) is 3. The van der Waals surface area contributed by atoms with Crippen LogP contribution in [0.25, 0.3) is 0 Å². The monoisotopic (exact) mass is 340 g/mol. The van der Waals surface area contributed by atoms with Crippen LogP contribution in [0, 0.1) is 11.2 Å². The van der Waals surface area contributed by atoms with Crippen LogP contribution < -0.4 is 11.1 Å². The fraction of sp³-hybridized carbons (Fsp3) is 0.267. The van der Waals surface area contributed by atoms with E-state index >= 15 is 0 Å². The summed E-state index contributed by atoms with van der Waals surface area (Å²) in [6, 6.07) is 5.46. The third kappa shape index (κ3) is 4.35. The van der Waals surface area contributed by atoms with Crippen molar-refractivity contribution in [1.82, 2.24) is 5.32 Å². The van der Waals surface area contributed by atoms with E-state index in [1.54, 1.807) is 18.2 Å². The maximum absolute atomic E-state index is 13.5. The Labute approximate surface area is 136 Å². The van der Waals surface area contributed by atoms with E-state index in [0.717, 1.165) is 6.20 Å². The summed E-state index contributed by atoms with van der Waals surface area (Å²) >= 11 is 5.95. The van der Waals surface area contributed by atoms with Gasteiger partial charge in [-0.15, -0.1) is 0 Å². The Bertz CT molecular complexity index is 690. The number of aliphatic imine (C=N–C) groups is 1. The summed E-state index contributed by atoms with van der Waals surface area (Å²) in [7, 11) is 0. The van der Waals surface area contributed by atoms with Crippen LogP contribution in [-0.2, 0) is 11.3 Å². The Morgan fingerprint density at radius 2 is 2.17 bits per heavy atom. The second kappa shape index (κ2) is 7.32. The molecule has 2 atom stereocenters. The zero-order chi connectivity index (χ0) is 17.0. The minimum atomic E-state index is -1.08. The number of carbonyl (C=O) groups is 1. The van der Waals surface area contributed by atoms with Gasteiger partial charge in [0, 0.05) is 18.2 Å². The van der Waals surface area contributed by atoms with E-state index in [1.807, 2.05) is 0 Å². The molecule has 1 amide bonds. The maximum Gasteiger partial charge on any atom is 0.270 e. The molecule has 4 N–H and O–H groups in total. The summed E-state index contributed by atoms with van der Waals surface area (Å²) in [4.78, 5) is 15.7. The van der Waals surface area contributed by atoms with E-state index in [-0.39, 0.29) is 23.7 Å². The Hall–Kier alpha value is -2.28. The summed E-state index contributed by atoms with van der Waals surface area (Å²) in [5.74, 6) is -1.22. The first-order chi connectivity index (χ1) is 10.9. The molecule has 0 bridgehead atoms. The lowest BCUT2D eigenvalue weighted by atomic mass is 10.1. The van der Waals surface area contributed by atoms with Crippen molar-refractivity contribution >= 4 is 28.4 Å². The predicted octanol–water partition coefficient (Wildman–Crippen LogP) is 2.05. The molecule has 1 fully saturated rings. The molecule has 0 saturated heterocycles. The standard InChI is InChI=1S/C15H15ClF2N4O/c16-14(21-7-8-3-1-2-4-10(8)17)9(6-19)13(20)15(23)22-12-5-11(12)18/h1-4,6,11-12,20H,5,7,19H2,(H,22,23)/t11?,12-/m0/s1. The highest BCUT2D eigenvalue weighted by Gasteiger charge is 2.39. The smallest absolute Gasteiger partial charge is 0.270 e. The molecular weight excluding hydrogens is 326 g/mol. The average Bonchev–Trinajstić information content (AvgIpc) is 3.22. The third-order valence-electron chi connectivity index (χ3n) is 3.26. The topological polar surface area (TPSA) is 91.3 Å². The van der Waals surface area contributed by atoms with Gasteiger partial charge in [-0.25, -0.2) is 8.78 Å². The van der Waals surface area contributed by atoms with Crippen LogP contribution >= 0.6 is 11.6 Å². The lowest BCUT2D eigenvalue weighted by Crippen LogP contribution is -2.35. The molecular formula is C15H15ClF2N4O. The Morgan fingerprint density at radius 3 is 2.74 bits per heavy atom. The van der Waals surface area contributed by atoms with Gasteiger partial charge < -0.3 is 11.1 Å². The fourth-order valence-corrected chi connectivity index (χ4v) is 2.02. The van der Waals surface area contributed by atoms with Gasteiger partial charge >= 0.3 is 0 Å². The van der Waals surface area contributed by atoms with Crippen LogP contribution in [0.1, 0.15) is 12.0 Å². The zero-order valence-electron chi connectivity index (χ0n) is 12.0. The number of nitrogens with zero attached hydrogens (tertiary/aromatic N) is 1. The number of carbonyl (C=O) groups excluding carboxylic acids is 1. The largest absolute Gasteiger partial charge is 0.404 e. The minimum absolute atomic E-state index is 0.0626. The SMILES string of the molecule is N=C(C(=O)N[C@H]1CC1F)C(=CN)C(Cl)=NCc1ccccc1F. The number of rotatable bonds is 6. The molecule has 0 spiro atoms. The molecule has 2 rings (SSSR count). The summed E-state index contributed by atoms with van der Waals surface area (Å²) in [5, 5.41) is 9.93. The van der Waals surface area contributed by atoms with Crippen molar-refractivity contribution in [3.05, 3.63) is 47.4 Å². The second-order valence-corrected chi connectivity index (χ2v) is 5.34. The van der Waals surface area contributed by atoms with E-state index in [0.29, 0.717) is 5.56 Å². The lowest BCUT2D eigenvalue weighted by molar-refractivity contribution is -0.115. The van der Waals surface area contributed by atoms with Gasteiger partial charge in [0.25, 0.3) is 5.91 Å². The molecule has 122 valence electrons. The quantitative estimate of drug-likeness (QED) is 0.692. The molecule has 1 aliphatic carbocycles.